The van der Waals surface area contributed by atoms with E-state index in [-0.39, 0.29) is 6.61 Å². The molecule has 0 spiro atoms. The molecule has 1 atom stereocenters. The number of hydrogen-bond acceptors (Lipinski definition) is 6. The molecule has 26 heavy (non-hydrogen) atoms. The molecule has 0 saturated carbocycles. The fraction of sp³-hybridized carbons (Fsp3) is 0.389. The van der Waals surface area contributed by atoms with Crippen molar-refractivity contribution in [3.63, 3.8) is 0 Å². The first kappa shape index (κ1) is 19.9. The van der Waals surface area contributed by atoms with Crippen LogP contribution >= 0.6 is 12.2 Å². The Morgan fingerprint density at radius 1 is 1.19 bits per heavy atom. The highest BCUT2D eigenvalue weighted by Gasteiger charge is 2.35. The van der Waals surface area contributed by atoms with Crippen LogP contribution in [0.2, 0.25) is 0 Å². The summed E-state index contributed by atoms with van der Waals surface area (Å²) in [7, 11) is 4.60. The molecule has 2 rings (SSSR count). The van der Waals surface area contributed by atoms with Crippen LogP contribution in [0.3, 0.4) is 0 Å². The number of nitrogens with one attached hydrogen (secondary N) is 1. The summed E-state index contributed by atoms with van der Waals surface area (Å²) in [6.07, 6.45) is 0. The number of carbonyl (C=O) groups is 2. The zero-order valence-electron chi connectivity index (χ0n) is 15.2. The summed E-state index contributed by atoms with van der Waals surface area (Å²) < 4.78 is 15.1. The van der Waals surface area contributed by atoms with Gasteiger partial charge in [-0.15, -0.1) is 0 Å². The Bertz CT molecular complexity index is 747. The van der Waals surface area contributed by atoms with E-state index in [0.29, 0.717) is 34.1 Å². The topological polar surface area (TPSA) is 77.1 Å². The first-order valence-electron chi connectivity index (χ1n) is 8.00. The van der Waals surface area contributed by atoms with Crippen molar-refractivity contribution in [2.24, 2.45) is 0 Å². The second kappa shape index (κ2) is 8.77. The van der Waals surface area contributed by atoms with Gasteiger partial charge in [0, 0.05) is 19.9 Å². The van der Waals surface area contributed by atoms with E-state index in [1.54, 1.807) is 43.1 Å². The molecule has 0 aromatic heterocycles. The molecule has 0 fully saturated rings. The number of esters is 2. The third-order valence-electron chi connectivity index (χ3n) is 4.17. The minimum Gasteiger partial charge on any atom is -0.465 e. The van der Waals surface area contributed by atoms with Crippen molar-refractivity contribution in [1.29, 1.82) is 0 Å². The van der Waals surface area contributed by atoms with Gasteiger partial charge in [0.2, 0.25) is 0 Å². The Labute approximate surface area is 157 Å². The van der Waals surface area contributed by atoms with Crippen molar-refractivity contribution in [1.82, 2.24) is 10.2 Å². The lowest BCUT2D eigenvalue weighted by atomic mass is 9.91. The molecule has 7 nitrogen and oxygen atoms in total. The SMILES string of the molecule is COCCOC(=O)C1=C(C)N(C)C(=S)NC1c1ccccc1C(=O)OC. The standard InChI is InChI=1S/C18H22N2O5S/c1-11-14(17(22)25-10-9-23-3)15(19-18(26)20(11)2)12-7-5-6-8-13(12)16(21)24-4/h5-8,15H,9-10H2,1-4H3,(H,19,26). The van der Waals surface area contributed by atoms with Gasteiger partial charge < -0.3 is 24.4 Å². The third kappa shape index (κ3) is 4.03. The molecule has 8 heteroatoms. The van der Waals surface area contributed by atoms with Crippen LogP contribution in [-0.4, -0.2) is 56.4 Å². The Balaban J connectivity index is 2.50. The first-order chi connectivity index (χ1) is 12.4. The second-order valence-corrected chi connectivity index (χ2v) is 6.03. The molecule has 0 radical (unpaired) electrons. The van der Waals surface area contributed by atoms with Crippen LogP contribution in [0.5, 0.6) is 0 Å². The summed E-state index contributed by atoms with van der Waals surface area (Å²) in [5, 5.41) is 3.56. The number of nitrogens with zero attached hydrogens (tertiary/aromatic N) is 1. The van der Waals surface area contributed by atoms with Crippen LogP contribution < -0.4 is 5.32 Å². The average molecular weight is 378 g/mol. The number of rotatable bonds is 6. The van der Waals surface area contributed by atoms with Gasteiger partial charge in [-0.1, -0.05) is 18.2 Å². The van der Waals surface area contributed by atoms with Crippen LogP contribution in [0.25, 0.3) is 0 Å². The van der Waals surface area contributed by atoms with Crippen molar-refractivity contribution < 1.29 is 23.8 Å². The van der Waals surface area contributed by atoms with E-state index < -0.39 is 18.0 Å². The summed E-state index contributed by atoms with van der Waals surface area (Å²) in [6.45, 7) is 2.21. The fourth-order valence-corrected chi connectivity index (χ4v) is 2.93. The Kier molecular flexibility index (Phi) is 6.70. The molecule has 1 heterocycles. The summed E-state index contributed by atoms with van der Waals surface area (Å²) in [5.74, 6) is -0.983. The summed E-state index contributed by atoms with van der Waals surface area (Å²) >= 11 is 5.36. The maximum Gasteiger partial charge on any atom is 0.338 e. The van der Waals surface area contributed by atoms with Crippen LogP contribution in [0.4, 0.5) is 0 Å². The quantitative estimate of drug-likeness (QED) is 0.456. The summed E-state index contributed by atoms with van der Waals surface area (Å²) in [6, 6.07) is 6.30. The van der Waals surface area contributed by atoms with Gasteiger partial charge in [-0.3, -0.25) is 0 Å². The lowest BCUT2D eigenvalue weighted by molar-refractivity contribution is -0.140. The third-order valence-corrected chi connectivity index (χ3v) is 4.56. The van der Waals surface area contributed by atoms with Crippen molar-refractivity contribution >= 4 is 29.3 Å². The van der Waals surface area contributed by atoms with E-state index in [1.807, 2.05) is 0 Å². The zero-order valence-corrected chi connectivity index (χ0v) is 16.0. The molecule has 1 aliphatic rings. The predicted molar refractivity (Wildman–Crippen MR) is 99.6 cm³/mol. The highest BCUT2D eigenvalue weighted by Crippen LogP contribution is 2.32. The monoisotopic (exact) mass is 378 g/mol. The minimum atomic E-state index is -0.621. The van der Waals surface area contributed by atoms with Gasteiger partial charge in [0.05, 0.1) is 30.9 Å². The van der Waals surface area contributed by atoms with Crippen molar-refractivity contribution in [3.8, 4) is 0 Å². The minimum absolute atomic E-state index is 0.131. The Morgan fingerprint density at radius 2 is 1.88 bits per heavy atom. The number of hydrogen-bond donors (Lipinski definition) is 1. The molecular weight excluding hydrogens is 356 g/mol. The average Bonchev–Trinajstić information content (AvgIpc) is 2.65. The molecule has 0 amide bonds. The van der Waals surface area contributed by atoms with Crippen LogP contribution in [0.15, 0.2) is 35.5 Å². The van der Waals surface area contributed by atoms with Gasteiger partial charge in [0.1, 0.15) is 6.61 Å². The molecule has 1 aromatic rings. The smallest absolute Gasteiger partial charge is 0.338 e. The predicted octanol–water partition coefficient (Wildman–Crippen LogP) is 1.80. The van der Waals surface area contributed by atoms with Crippen molar-refractivity contribution in [2.45, 2.75) is 13.0 Å². The first-order valence-corrected chi connectivity index (χ1v) is 8.41. The number of allylic oxidation sites excluding steroid dienone is 1. The number of methoxy groups -OCH3 is 2. The molecule has 140 valence electrons. The second-order valence-electron chi connectivity index (χ2n) is 5.65. The Hall–Kier alpha value is -2.45. The molecule has 1 N–H and O–H groups in total. The maximum absolute atomic E-state index is 12.7. The van der Waals surface area contributed by atoms with Gasteiger partial charge >= 0.3 is 11.9 Å². The van der Waals surface area contributed by atoms with E-state index in [9.17, 15) is 9.59 Å². The number of thiocarbonyl (C=S) groups is 1. The van der Waals surface area contributed by atoms with E-state index in [4.69, 9.17) is 26.4 Å². The van der Waals surface area contributed by atoms with E-state index >= 15 is 0 Å². The fourth-order valence-electron chi connectivity index (χ4n) is 2.67. The lowest BCUT2D eigenvalue weighted by Gasteiger charge is -2.35. The van der Waals surface area contributed by atoms with Crippen molar-refractivity contribution in [2.75, 3.05) is 34.5 Å². The highest BCUT2D eigenvalue weighted by atomic mass is 32.1. The molecule has 1 unspecified atom stereocenters. The highest BCUT2D eigenvalue weighted by molar-refractivity contribution is 7.80. The summed E-state index contributed by atoms with van der Waals surface area (Å²) in [4.78, 5) is 26.6. The molecule has 0 aliphatic carbocycles. The molecular formula is C18H22N2O5S. The zero-order chi connectivity index (χ0) is 19.3. The van der Waals surface area contributed by atoms with Crippen LogP contribution in [0, 0.1) is 0 Å². The largest absolute Gasteiger partial charge is 0.465 e. The van der Waals surface area contributed by atoms with Crippen LogP contribution in [-0.2, 0) is 19.0 Å². The van der Waals surface area contributed by atoms with Gasteiger partial charge in [-0.2, -0.15) is 0 Å². The molecule has 1 aromatic carbocycles. The van der Waals surface area contributed by atoms with E-state index in [1.165, 1.54) is 14.2 Å². The molecule has 0 bridgehead atoms. The number of ether oxygens (including phenoxy) is 3. The Morgan fingerprint density at radius 3 is 2.54 bits per heavy atom. The summed E-state index contributed by atoms with van der Waals surface area (Å²) in [5.41, 5.74) is 1.98. The number of benzene rings is 1. The normalized spacial score (nSPS) is 17.0. The molecule has 1 aliphatic heterocycles. The van der Waals surface area contributed by atoms with Crippen LogP contribution in [0.1, 0.15) is 28.9 Å². The van der Waals surface area contributed by atoms with Crippen molar-refractivity contribution in [3.05, 3.63) is 46.7 Å². The van der Waals surface area contributed by atoms with Gasteiger partial charge in [-0.05, 0) is 30.8 Å². The van der Waals surface area contributed by atoms with Gasteiger partial charge in [0.15, 0.2) is 5.11 Å². The number of carbonyl (C=O) groups excluding carboxylic acids is 2. The van der Waals surface area contributed by atoms with Gasteiger partial charge in [0.25, 0.3) is 0 Å². The lowest BCUT2D eigenvalue weighted by Crippen LogP contribution is -2.46. The maximum atomic E-state index is 12.7. The molecule has 0 saturated heterocycles. The van der Waals surface area contributed by atoms with Gasteiger partial charge in [-0.25, -0.2) is 9.59 Å². The van der Waals surface area contributed by atoms with E-state index in [2.05, 4.69) is 5.32 Å². The van der Waals surface area contributed by atoms with E-state index in [0.717, 1.165) is 0 Å².